The summed E-state index contributed by atoms with van der Waals surface area (Å²) >= 11 is 0. The Balaban J connectivity index is 2.36. The largest absolute Gasteiger partial charge is 0.435 e. The van der Waals surface area contributed by atoms with Crippen LogP contribution in [0.25, 0.3) is 0 Å². The molecule has 0 saturated carbocycles. The Labute approximate surface area is 96.3 Å². The highest BCUT2D eigenvalue weighted by atomic mass is 16.7. The third-order valence-electron chi connectivity index (χ3n) is 3.09. The van der Waals surface area contributed by atoms with Crippen molar-refractivity contribution in [2.75, 3.05) is 6.61 Å². The molecule has 1 fully saturated rings. The summed E-state index contributed by atoms with van der Waals surface area (Å²) in [6, 6.07) is 0. The summed E-state index contributed by atoms with van der Waals surface area (Å²) in [4.78, 5) is 23.2. The fourth-order valence-electron chi connectivity index (χ4n) is 1.40. The Bertz CT molecular complexity index is 264. The molecule has 1 unspecified atom stereocenters. The highest BCUT2D eigenvalue weighted by Crippen LogP contribution is 2.23. The molecule has 1 saturated heterocycles. The van der Waals surface area contributed by atoms with E-state index in [1.807, 2.05) is 20.8 Å². The van der Waals surface area contributed by atoms with Crippen molar-refractivity contribution in [1.29, 1.82) is 0 Å². The molecule has 0 amide bonds. The second kappa shape index (κ2) is 5.43. The summed E-state index contributed by atoms with van der Waals surface area (Å²) in [6.07, 6.45) is 1.77. The number of hydrogen-bond donors (Lipinski definition) is 0. The van der Waals surface area contributed by atoms with Crippen molar-refractivity contribution in [2.24, 2.45) is 5.41 Å². The SMILES string of the molecule is CCC(C)(C)C(=O)CC(=O)OC1CCCO1. The van der Waals surface area contributed by atoms with E-state index in [1.165, 1.54) is 0 Å². The molecule has 0 aromatic carbocycles. The number of carbonyl (C=O) groups excluding carboxylic acids is 2. The minimum Gasteiger partial charge on any atom is -0.435 e. The lowest BCUT2D eigenvalue weighted by Gasteiger charge is -2.20. The van der Waals surface area contributed by atoms with Gasteiger partial charge in [0, 0.05) is 11.8 Å². The Kier molecular flexibility index (Phi) is 4.47. The maximum atomic E-state index is 11.7. The molecule has 0 spiro atoms. The third-order valence-corrected chi connectivity index (χ3v) is 3.09. The molecule has 1 rings (SSSR count). The molecule has 1 atom stereocenters. The summed E-state index contributed by atoms with van der Waals surface area (Å²) in [7, 11) is 0. The molecular formula is C12H20O4. The molecule has 0 aliphatic carbocycles. The second-order valence-electron chi connectivity index (χ2n) is 4.77. The molecule has 4 nitrogen and oxygen atoms in total. The zero-order valence-electron chi connectivity index (χ0n) is 10.2. The van der Waals surface area contributed by atoms with Gasteiger partial charge in [0.2, 0.25) is 6.29 Å². The fraction of sp³-hybridized carbons (Fsp3) is 0.833. The summed E-state index contributed by atoms with van der Waals surface area (Å²) in [5, 5.41) is 0. The van der Waals surface area contributed by atoms with Gasteiger partial charge in [-0.3, -0.25) is 9.59 Å². The van der Waals surface area contributed by atoms with Crippen molar-refractivity contribution >= 4 is 11.8 Å². The number of rotatable bonds is 5. The van der Waals surface area contributed by atoms with Crippen LogP contribution in [-0.2, 0) is 19.1 Å². The Hall–Kier alpha value is -0.900. The van der Waals surface area contributed by atoms with Crippen molar-refractivity contribution < 1.29 is 19.1 Å². The zero-order chi connectivity index (χ0) is 12.2. The van der Waals surface area contributed by atoms with Crippen LogP contribution in [0.15, 0.2) is 0 Å². The first kappa shape index (κ1) is 13.2. The number of Topliss-reactive ketones (excluding diaryl/α,β-unsaturated/α-hetero) is 1. The molecule has 92 valence electrons. The second-order valence-corrected chi connectivity index (χ2v) is 4.77. The fourth-order valence-corrected chi connectivity index (χ4v) is 1.40. The van der Waals surface area contributed by atoms with Crippen LogP contribution in [0.4, 0.5) is 0 Å². The Morgan fingerprint density at radius 2 is 2.12 bits per heavy atom. The molecule has 1 aliphatic heterocycles. The van der Waals surface area contributed by atoms with Gasteiger partial charge in [0.05, 0.1) is 6.61 Å². The Morgan fingerprint density at radius 3 is 2.62 bits per heavy atom. The van der Waals surface area contributed by atoms with Crippen LogP contribution in [0, 0.1) is 5.41 Å². The highest BCUT2D eigenvalue weighted by Gasteiger charge is 2.29. The van der Waals surface area contributed by atoms with Crippen LogP contribution in [0.5, 0.6) is 0 Å². The topological polar surface area (TPSA) is 52.6 Å². The van der Waals surface area contributed by atoms with E-state index in [2.05, 4.69) is 0 Å². The molecule has 0 aromatic rings. The van der Waals surface area contributed by atoms with E-state index in [-0.39, 0.29) is 12.2 Å². The van der Waals surface area contributed by atoms with Crippen LogP contribution in [-0.4, -0.2) is 24.6 Å². The number of carbonyl (C=O) groups is 2. The highest BCUT2D eigenvalue weighted by molar-refractivity contribution is 5.98. The van der Waals surface area contributed by atoms with Crippen molar-refractivity contribution in [2.45, 2.75) is 52.7 Å². The van der Waals surface area contributed by atoms with Crippen LogP contribution in [0.1, 0.15) is 46.5 Å². The molecule has 1 heterocycles. The summed E-state index contributed by atoms with van der Waals surface area (Å²) in [6.45, 7) is 6.25. The van der Waals surface area contributed by atoms with Crippen LogP contribution < -0.4 is 0 Å². The van der Waals surface area contributed by atoms with Gasteiger partial charge < -0.3 is 9.47 Å². The van der Waals surface area contributed by atoms with Gasteiger partial charge in [-0.2, -0.15) is 0 Å². The predicted molar refractivity (Wildman–Crippen MR) is 58.8 cm³/mol. The quantitative estimate of drug-likeness (QED) is 0.534. The standard InChI is InChI=1S/C12H20O4/c1-4-12(2,3)9(13)8-10(14)16-11-6-5-7-15-11/h11H,4-8H2,1-3H3. The minimum atomic E-state index is -0.474. The van der Waals surface area contributed by atoms with Gasteiger partial charge in [-0.1, -0.05) is 20.8 Å². The predicted octanol–water partition coefficient (Wildman–Crippen LogP) is 2.06. The number of hydrogen-bond acceptors (Lipinski definition) is 4. The normalized spacial score (nSPS) is 20.8. The number of ether oxygens (including phenoxy) is 2. The lowest BCUT2D eigenvalue weighted by atomic mass is 9.84. The van der Waals surface area contributed by atoms with Crippen LogP contribution >= 0.6 is 0 Å². The lowest BCUT2D eigenvalue weighted by molar-refractivity contribution is -0.171. The van der Waals surface area contributed by atoms with Gasteiger partial charge in [-0.25, -0.2) is 0 Å². The lowest BCUT2D eigenvalue weighted by Crippen LogP contribution is -2.28. The van der Waals surface area contributed by atoms with E-state index >= 15 is 0 Å². The smallest absolute Gasteiger partial charge is 0.315 e. The van der Waals surface area contributed by atoms with Gasteiger partial charge in [0.15, 0.2) is 0 Å². The van der Waals surface area contributed by atoms with Gasteiger partial charge in [-0.15, -0.1) is 0 Å². The molecule has 0 radical (unpaired) electrons. The van der Waals surface area contributed by atoms with Crippen molar-refractivity contribution in [3.05, 3.63) is 0 Å². The average Bonchev–Trinajstić information content (AvgIpc) is 2.70. The molecule has 1 aliphatic rings. The Morgan fingerprint density at radius 1 is 1.44 bits per heavy atom. The minimum absolute atomic E-state index is 0.0713. The average molecular weight is 228 g/mol. The number of esters is 1. The third kappa shape index (κ3) is 3.59. The first-order valence-corrected chi connectivity index (χ1v) is 5.80. The van der Waals surface area contributed by atoms with E-state index in [4.69, 9.17) is 9.47 Å². The molecule has 0 bridgehead atoms. The molecule has 0 aromatic heterocycles. The molecular weight excluding hydrogens is 208 g/mol. The van der Waals surface area contributed by atoms with Crippen LogP contribution in [0.2, 0.25) is 0 Å². The summed E-state index contributed by atoms with van der Waals surface area (Å²) in [5.41, 5.74) is -0.449. The first-order chi connectivity index (χ1) is 7.45. The van der Waals surface area contributed by atoms with E-state index in [0.717, 1.165) is 19.3 Å². The molecule has 4 heteroatoms. The zero-order valence-corrected chi connectivity index (χ0v) is 10.2. The van der Waals surface area contributed by atoms with Crippen molar-refractivity contribution in [3.63, 3.8) is 0 Å². The summed E-state index contributed by atoms with van der Waals surface area (Å²) < 4.78 is 10.2. The monoisotopic (exact) mass is 228 g/mol. The van der Waals surface area contributed by atoms with Crippen LogP contribution in [0.3, 0.4) is 0 Å². The van der Waals surface area contributed by atoms with E-state index in [9.17, 15) is 9.59 Å². The van der Waals surface area contributed by atoms with Gasteiger partial charge in [-0.05, 0) is 12.8 Å². The molecule has 0 N–H and O–H groups in total. The number of ketones is 1. The molecule has 16 heavy (non-hydrogen) atoms. The van der Waals surface area contributed by atoms with Crippen molar-refractivity contribution in [1.82, 2.24) is 0 Å². The van der Waals surface area contributed by atoms with E-state index in [1.54, 1.807) is 0 Å². The summed E-state index contributed by atoms with van der Waals surface area (Å²) in [5.74, 6) is -0.545. The first-order valence-electron chi connectivity index (χ1n) is 5.80. The van der Waals surface area contributed by atoms with Gasteiger partial charge in [0.1, 0.15) is 12.2 Å². The maximum Gasteiger partial charge on any atom is 0.315 e. The van der Waals surface area contributed by atoms with Gasteiger partial charge in [0.25, 0.3) is 0 Å². The van der Waals surface area contributed by atoms with Crippen molar-refractivity contribution in [3.8, 4) is 0 Å². The van der Waals surface area contributed by atoms with E-state index < -0.39 is 17.7 Å². The van der Waals surface area contributed by atoms with E-state index in [0.29, 0.717) is 6.61 Å². The van der Waals surface area contributed by atoms with Gasteiger partial charge >= 0.3 is 5.97 Å². The maximum absolute atomic E-state index is 11.7.